The van der Waals surface area contributed by atoms with Gasteiger partial charge in [-0.1, -0.05) is 23.7 Å². The van der Waals surface area contributed by atoms with Crippen LogP contribution in [0.15, 0.2) is 60.9 Å². The Labute approximate surface area is 168 Å². The zero-order valence-electron chi connectivity index (χ0n) is 15.4. The van der Waals surface area contributed by atoms with E-state index in [-0.39, 0.29) is 5.91 Å². The van der Waals surface area contributed by atoms with Crippen LogP contribution in [0.3, 0.4) is 0 Å². The summed E-state index contributed by atoms with van der Waals surface area (Å²) in [6, 6.07) is 16.2. The Balaban J connectivity index is 1.28. The summed E-state index contributed by atoms with van der Waals surface area (Å²) in [5, 5.41) is 7.80. The van der Waals surface area contributed by atoms with Crippen molar-refractivity contribution in [2.24, 2.45) is 5.92 Å². The largest absolute Gasteiger partial charge is 0.368 e. The lowest BCUT2D eigenvalue weighted by Gasteiger charge is -2.29. The van der Waals surface area contributed by atoms with Crippen LogP contribution in [0, 0.1) is 5.92 Å². The molecule has 1 aliphatic heterocycles. The van der Waals surface area contributed by atoms with Crippen molar-refractivity contribution in [1.29, 1.82) is 0 Å². The second-order valence-corrected chi connectivity index (χ2v) is 8.02. The third-order valence-electron chi connectivity index (χ3n) is 5.81. The van der Waals surface area contributed by atoms with Gasteiger partial charge in [0.15, 0.2) is 0 Å². The van der Waals surface area contributed by atoms with E-state index >= 15 is 0 Å². The Kier molecular flexibility index (Phi) is 4.32. The molecule has 0 radical (unpaired) electrons. The molecule has 3 aromatic rings. The summed E-state index contributed by atoms with van der Waals surface area (Å²) >= 11 is 6.20. The molecule has 1 saturated carbocycles. The first-order chi connectivity index (χ1) is 13.7. The van der Waals surface area contributed by atoms with Crippen LogP contribution in [-0.4, -0.2) is 28.3 Å². The van der Waals surface area contributed by atoms with Gasteiger partial charge in [0, 0.05) is 30.2 Å². The maximum absolute atomic E-state index is 12.6. The van der Waals surface area contributed by atoms with Crippen LogP contribution in [0.2, 0.25) is 5.02 Å². The van der Waals surface area contributed by atoms with Gasteiger partial charge >= 0.3 is 0 Å². The maximum atomic E-state index is 12.6. The predicted molar refractivity (Wildman–Crippen MR) is 111 cm³/mol. The van der Waals surface area contributed by atoms with Crippen LogP contribution in [0.4, 0.5) is 11.4 Å². The quantitative estimate of drug-likeness (QED) is 0.696. The van der Waals surface area contributed by atoms with Gasteiger partial charge in [-0.25, -0.2) is 4.68 Å². The second-order valence-electron chi connectivity index (χ2n) is 7.61. The summed E-state index contributed by atoms with van der Waals surface area (Å²) in [5.74, 6) is 0.672. The number of carbonyl (C=O) groups excluding carboxylic acids is 1. The van der Waals surface area contributed by atoms with Gasteiger partial charge in [-0.05, 0) is 61.6 Å². The highest BCUT2D eigenvalue weighted by atomic mass is 35.5. The fourth-order valence-corrected chi connectivity index (χ4v) is 4.61. The van der Waals surface area contributed by atoms with Crippen LogP contribution >= 0.6 is 11.6 Å². The molecule has 142 valence electrons. The van der Waals surface area contributed by atoms with Crippen molar-refractivity contribution in [3.05, 3.63) is 71.5 Å². The molecular formula is C22H21ClN4O. The van der Waals surface area contributed by atoms with Crippen molar-refractivity contribution in [3.8, 4) is 5.69 Å². The van der Waals surface area contributed by atoms with Gasteiger partial charge in [0.05, 0.1) is 22.5 Å². The minimum Gasteiger partial charge on any atom is -0.368 e. The molecule has 0 unspecified atom stereocenters. The number of carbonyl (C=O) groups is 1. The molecule has 5 rings (SSSR count). The van der Waals surface area contributed by atoms with Crippen molar-refractivity contribution >= 4 is 28.9 Å². The number of amides is 1. The van der Waals surface area contributed by atoms with Gasteiger partial charge in [0.1, 0.15) is 0 Å². The standard InChI is InChI=1S/C22H21ClN4O/c23-20-3-1-2-4-21(20)27-14-16(12-24-27)22(28)25-17-6-9-18(10-7-17)26-13-15-5-8-19(26)11-15/h1-4,6-7,9-10,12,14-15,19H,5,8,11,13H2,(H,25,28)/t15-,19-/m0/s1. The van der Waals surface area contributed by atoms with Gasteiger partial charge in [-0.2, -0.15) is 5.10 Å². The Morgan fingerprint density at radius 1 is 1.11 bits per heavy atom. The number of benzene rings is 2. The number of nitrogens with one attached hydrogen (secondary N) is 1. The molecule has 28 heavy (non-hydrogen) atoms. The number of piperidine rings is 1. The van der Waals surface area contributed by atoms with Gasteiger partial charge in [0.2, 0.25) is 0 Å². The normalized spacial score (nSPS) is 20.5. The number of nitrogens with zero attached hydrogens (tertiary/aromatic N) is 3. The molecule has 5 nitrogen and oxygen atoms in total. The van der Waals surface area contributed by atoms with Crippen LogP contribution < -0.4 is 10.2 Å². The van der Waals surface area contributed by atoms with E-state index in [4.69, 9.17) is 11.6 Å². The molecule has 1 N–H and O–H groups in total. The summed E-state index contributed by atoms with van der Waals surface area (Å²) in [5.41, 5.74) is 3.26. The summed E-state index contributed by atoms with van der Waals surface area (Å²) in [6.07, 6.45) is 7.24. The first-order valence-corrected chi connectivity index (χ1v) is 10.0. The molecule has 1 amide bonds. The fraction of sp³-hybridized carbons (Fsp3) is 0.273. The van der Waals surface area contributed by atoms with E-state index in [1.165, 1.54) is 24.9 Å². The highest BCUT2D eigenvalue weighted by Gasteiger charge is 2.37. The van der Waals surface area contributed by atoms with E-state index in [1.54, 1.807) is 23.1 Å². The van der Waals surface area contributed by atoms with E-state index in [0.29, 0.717) is 16.6 Å². The first-order valence-electron chi connectivity index (χ1n) is 9.65. The van der Waals surface area contributed by atoms with Crippen molar-refractivity contribution in [2.75, 3.05) is 16.8 Å². The van der Waals surface area contributed by atoms with Gasteiger partial charge in [-0.15, -0.1) is 0 Å². The molecule has 6 heteroatoms. The second kappa shape index (κ2) is 6.99. The monoisotopic (exact) mass is 392 g/mol. The smallest absolute Gasteiger partial charge is 0.258 e. The molecule has 1 aliphatic carbocycles. The van der Waals surface area contributed by atoms with Crippen LogP contribution in [0.5, 0.6) is 0 Å². The topological polar surface area (TPSA) is 50.2 Å². The highest BCUT2D eigenvalue weighted by Crippen LogP contribution is 2.40. The third kappa shape index (κ3) is 3.16. The Morgan fingerprint density at radius 2 is 1.93 bits per heavy atom. The number of rotatable bonds is 4. The van der Waals surface area contributed by atoms with Crippen molar-refractivity contribution in [1.82, 2.24) is 9.78 Å². The molecule has 1 aromatic heterocycles. The lowest BCUT2D eigenvalue weighted by Crippen LogP contribution is -2.31. The van der Waals surface area contributed by atoms with Gasteiger partial charge in [-0.3, -0.25) is 4.79 Å². The maximum Gasteiger partial charge on any atom is 0.258 e. The minimum atomic E-state index is -0.189. The lowest BCUT2D eigenvalue weighted by atomic mass is 10.1. The number of aromatic nitrogens is 2. The zero-order chi connectivity index (χ0) is 19.1. The number of hydrogen-bond donors (Lipinski definition) is 1. The van der Waals surface area contributed by atoms with Crippen LogP contribution in [0.1, 0.15) is 29.6 Å². The van der Waals surface area contributed by atoms with Crippen molar-refractivity contribution in [3.63, 3.8) is 0 Å². The number of para-hydroxylation sites is 1. The van der Waals surface area contributed by atoms with E-state index < -0.39 is 0 Å². The van der Waals surface area contributed by atoms with E-state index in [9.17, 15) is 4.79 Å². The highest BCUT2D eigenvalue weighted by molar-refractivity contribution is 6.32. The van der Waals surface area contributed by atoms with Gasteiger partial charge < -0.3 is 10.2 Å². The molecule has 2 atom stereocenters. The van der Waals surface area contributed by atoms with E-state index in [0.717, 1.165) is 23.8 Å². The third-order valence-corrected chi connectivity index (χ3v) is 6.13. The summed E-state index contributed by atoms with van der Waals surface area (Å²) in [7, 11) is 0. The van der Waals surface area contributed by atoms with Crippen LogP contribution in [0.25, 0.3) is 5.69 Å². The van der Waals surface area contributed by atoms with E-state index in [1.807, 2.05) is 30.3 Å². The fourth-order valence-electron chi connectivity index (χ4n) is 4.39. The Morgan fingerprint density at radius 3 is 2.64 bits per heavy atom. The summed E-state index contributed by atoms with van der Waals surface area (Å²) in [6.45, 7) is 1.16. The van der Waals surface area contributed by atoms with Crippen molar-refractivity contribution < 1.29 is 4.79 Å². The van der Waals surface area contributed by atoms with Crippen molar-refractivity contribution in [2.45, 2.75) is 25.3 Å². The molecule has 2 aliphatic rings. The van der Waals surface area contributed by atoms with E-state index in [2.05, 4.69) is 27.4 Å². The molecule has 2 bridgehead atoms. The molecular weight excluding hydrogens is 372 g/mol. The predicted octanol–water partition coefficient (Wildman–Crippen LogP) is 4.77. The number of anilines is 2. The molecule has 0 spiro atoms. The Bertz CT molecular complexity index is 1010. The Hall–Kier alpha value is -2.79. The molecule has 2 heterocycles. The van der Waals surface area contributed by atoms with Gasteiger partial charge in [0.25, 0.3) is 5.91 Å². The minimum absolute atomic E-state index is 0.189. The number of fused-ring (bicyclic) bond motifs is 2. The molecule has 2 fully saturated rings. The number of halogens is 1. The average Bonchev–Trinajstić information content (AvgIpc) is 3.46. The molecule has 2 aromatic carbocycles. The number of hydrogen-bond acceptors (Lipinski definition) is 3. The lowest BCUT2D eigenvalue weighted by molar-refractivity contribution is 0.102. The first kappa shape index (κ1) is 17.3. The average molecular weight is 393 g/mol. The zero-order valence-corrected chi connectivity index (χ0v) is 16.1. The van der Waals surface area contributed by atoms with Crippen LogP contribution in [-0.2, 0) is 0 Å². The molecule has 1 saturated heterocycles. The SMILES string of the molecule is O=C(Nc1ccc(N2C[C@H]3CC[C@H]2C3)cc1)c1cnn(-c2ccccc2Cl)c1. The summed E-state index contributed by atoms with van der Waals surface area (Å²) in [4.78, 5) is 15.1. The summed E-state index contributed by atoms with van der Waals surface area (Å²) < 4.78 is 1.61.